The Morgan fingerprint density at radius 2 is 1.94 bits per heavy atom. The van der Waals surface area contributed by atoms with Crippen molar-refractivity contribution < 1.29 is 19.4 Å². The second kappa shape index (κ2) is 9.62. The fourth-order valence-electron chi connectivity index (χ4n) is 3.46. The molecule has 1 fully saturated rings. The molecule has 13 heteroatoms. The van der Waals surface area contributed by atoms with E-state index < -0.39 is 17.6 Å². The van der Waals surface area contributed by atoms with Crippen LogP contribution in [0.25, 0.3) is 0 Å². The zero-order chi connectivity index (χ0) is 25.2. The summed E-state index contributed by atoms with van der Waals surface area (Å²) in [5, 5.41) is 19.7. The summed E-state index contributed by atoms with van der Waals surface area (Å²) in [6.07, 6.45) is 8.61. The topological polar surface area (TPSA) is 160 Å². The number of aliphatic hydroxyl groups is 1. The number of rotatable bonds is 8. The highest BCUT2D eigenvalue weighted by atomic mass is 16.6. The lowest BCUT2D eigenvalue weighted by molar-refractivity contribution is 0.0362. The smallest absolute Gasteiger partial charge is 0.389 e. The van der Waals surface area contributed by atoms with Gasteiger partial charge in [0.2, 0.25) is 0 Å². The second-order valence-electron chi connectivity index (χ2n) is 8.99. The monoisotopic (exact) mass is 481 g/mol. The van der Waals surface area contributed by atoms with Crippen LogP contribution in [0.5, 0.6) is 5.88 Å². The molecule has 0 saturated heterocycles. The summed E-state index contributed by atoms with van der Waals surface area (Å²) in [6, 6.07) is 0. The van der Waals surface area contributed by atoms with Crippen LogP contribution in [0.1, 0.15) is 48.8 Å². The molecule has 3 aromatic heterocycles. The van der Waals surface area contributed by atoms with Gasteiger partial charge in [-0.1, -0.05) is 0 Å². The highest BCUT2D eigenvalue weighted by Gasteiger charge is 2.28. The minimum absolute atomic E-state index is 0.0216. The zero-order valence-corrected chi connectivity index (χ0v) is 19.9. The first-order valence-corrected chi connectivity index (χ1v) is 11.0. The van der Waals surface area contributed by atoms with Gasteiger partial charge in [-0.05, 0) is 26.7 Å². The normalized spacial score (nSPS) is 13.3. The number of aryl methyl sites for hydroxylation is 1. The highest BCUT2D eigenvalue weighted by molar-refractivity contribution is 6.01. The van der Waals surface area contributed by atoms with Crippen LogP contribution < -0.4 is 15.4 Å². The molecule has 13 nitrogen and oxygen atoms in total. The van der Waals surface area contributed by atoms with Gasteiger partial charge in [0.15, 0.2) is 5.82 Å². The Kier molecular flexibility index (Phi) is 6.60. The van der Waals surface area contributed by atoms with E-state index in [9.17, 15) is 14.7 Å². The highest BCUT2D eigenvalue weighted by Crippen LogP contribution is 2.40. The number of hydrogen-bond donors (Lipinski definition) is 3. The maximum atomic E-state index is 13.0. The summed E-state index contributed by atoms with van der Waals surface area (Å²) in [5.74, 6) is 0.0543. The van der Waals surface area contributed by atoms with Crippen molar-refractivity contribution in [2.45, 2.75) is 38.2 Å². The molecule has 0 atom stereocenters. The number of nitrogens with one attached hydrogen (secondary N) is 2. The summed E-state index contributed by atoms with van der Waals surface area (Å²) in [6.45, 7) is 3.28. The first kappa shape index (κ1) is 24.0. The zero-order valence-electron chi connectivity index (χ0n) is 19.9. The number of aromatic nitrogens is 6. The number of ether oxygens (including phenoxy) is 1. The Morgan fingerprint density at radius 1 is 1.23 bits per heavy atom. The quantitative estimate of drug-likeness (QED) is 0.434. The third kappa shape index (κ3) is 6.06. The summed E-state index contributed by atoms with van der Waals surface area (Å²) < 4.78 is 6.84. The van der Waals surface area contributed by atoms with E-state index in [-0.39, 0.29) is 35.5 Å². The minimum atomic E-state index is -1.09. The molecule has 1 aliphatic rings. The lowest BCUT2D eigenvalue weighted by Gasteiger charge is -2.25. The molecule has 0 aromatic carbocycles. The summed E-state index contributed by atoms with van der Waals surface area (Å²) in [5.41, 5.74) is 0.469. The SMILES string of the molecule is CN(CC(C)(C)O)C(=O)c1c(NC(=O)Oc2nc(C3CC3)cnc2Nc2cncnc2)cnn1C. The number of amides is 2. The first-order valence-electron chi connectivity index (χ1n) is 11.0. The van der Waals surface area contributed by atoms with Gasteiger partial charge in [-0.15, -0.1) is 0 Å². The molecule has 35 heavy (non-hydrogen) atoms. The maximum absolute atomic E-state index is 13.0. The molecule has 3 aromatic rings. The van der Waals surface area contributed by atoms with Crippen molar-refractivity contribution in [2.24, 2.45) is 7.05 Å². The lowest BCUT2D eigenvalue weighted by atomic mass is 10.1. The molecular weight excluding hydrogens is 454 g/mol. The lowest BCUT2D eigenvalue weighted by Crippen LogP contribution is -2.40. The van der Waals surface area contributed by atoms with Crippen molar-refractivity contribution in [3.05, 3.63) is 42.5 Å². The predicted molar refractivity (Wildman–Crippen MR) is 125 cm³/mol. The molecule has 2 amide bonds. The summed E-state index contributed by atoms with van der Waals surface area (Å²) >= 11 is 0. The van der Waals surface area contributed by atoms with Crippen molar-refractivity contribution in [1.29, 1.82) is 0 Å². The van der Waals surface area contributed by atoms with E-state index in [1.807, 2.05) is 0 Å². The van der Waals surface area contributed by atoms with E-state index in [0.717, 1.165) is 18.5 Å². The third-order valence-corrected chi connectivity index (χ3v) is 5.12. The summed E-state index contributed by atoms with van der Waals surface area (Å²) in [4.78, 5) is 43.9. The molecule has 3 N–H and O–H groups in total. The Morgan fingerprint density at radius 3 is 2.60 bits per heavy atom. The molecule has 4 rings (SSSR count). The minimum Gasteiger partial charge on any atom is -0.389 e. The number of nitrogens with zero attached hydrogens (tertiary/aromatic N) is 7. The number of hydrogen-bond acceptors (Lipinski definition) is 10. The fourth-order valence-corrected chi connectivity index (χ4v) is 3.46. The number of anilines is 3. The molecule has 0 spiro atoms. The van der Waals surface area contributed by atoms with Gasteiger partial charge in [0.25, 0.3) is 11.8 Å². The maximum Gasteiger partial charge on any atom is 0.418 e. The van der Waals surface area contributed by atoms with Gasteiger partial charge in [0.1, 0.15) is 12.0 Å². The Balaban J connectivity index is 1.53. The molecule has 0 aliphatic heterocycles. The second-order valence-corrected chi connectivity index (χ2v) is 8.99. The van der Waals surface area contributed by atoms with E-state index in [1.165, 1.54) is 22.1 Å². The van der Waals surface area contributed by atoms with Crippen molar-refractivity contribution >= 4 is 29.2 Å². The van der Waals surface area contributed by atoms with Gasteiger partial charge in [-0.25, -0.2) is 24.7 Å². The van der Waals surface area contributed by atoms with Gasteiger partial charge in [0.05, 0.1) is 47.5 Å². The average molecular weight is 482 g/mol. The Hall–Kier alpha value is -4.13. The van der Waals surface area contributed by atoms with Crippen LogP contribution in [-0.2, 0) is 7.05 Å². The van der Waals surface area contributed by atoms with Crippen LogP contribution in [-0.4, -0.2) is 70.9 Å². The molecule has 0 bridgehead atoms. The van der Waals surface area contributed by atoms with E-state index in [4.69, 9.17) is 4.74 Å². The molecule has 184 valence electrons. The largest absolute Gasteiger partial charge is 0.418 e. The molecule has 1 saturated carbocycles. The molecular formula is C22H27N9O4. The predicted octanol–water partition coefficient (Wildman–Crippen LogP) is 2.07. The van der Waals surface area contributed by atoms with Crippen LogP contribution in [0.3, 0.4) is 0 Å². The van der Waals surface area contributed by atoms with Gasteiger partial charge in [0, 0.05) is 26.6 Å². The van der Waals surface area contributed by atoms with Crippen LogP contribution >= 0.6 is 0 Å². The van der Waals surface area contributed by atoms with Crippen LogP contribution in [0.15, 0.2) is 31.1 Å². The molecule has 1 aliphatic carbocycles. The van der Waals surface area contributed by atoms with Gasteiger partial charge < -0.3 is 20.1 Å². The van der Waals surface area contributed by atoms with Gasteiger partial charge >= 0.3 is 6.09 Å². The third-order valence-electron chi connectivity index (χ3n) is 5.12. The van der Waals surface area contributed by atoms with E-state index in [2.05, 4.69) is 35.7 Å². The van der Waals surface area contributed by atoms with Crippen molar-refractivity contribution in [3.8, 4) is 5.88 Å². The van der Waals surface area contributed by atoms with E-state index >= 15 is 0 Å². The van der Waals surface area contributed by atoms with Crippen molar-refractivity contribution in [1.82, 2.24) is 34.6 Å². The van der Waals surface area contributed by atoms with Crippen molar-refractivity contribution in [3.63, 3.8) is 0 Å². The number of likely N-dealkylation sites (N-methyl/N-ethyl adjacent to an activating group) is 1. The molecule has 3 heterocycles. The van der Waals surface area contributed by atoms with Crippen LogP contribution in [0.2, 0.25) is 0 Å². The van der Waals surface area contributed by atoms with Crippen molar-refractivity contribution in [2.75, 3.05) is 24.2 Å². The Labute approximate surface area is 201 Å². The summed E-state index contributed by atoms with van der Waals surface area (Å²) in [7, 11) is 3.13. The number of carbonyl (C=O) groups excluding carboxylic acids is 2. The first-order chi connectivity index (χ1) is 16.6. The van der Waals surface area contributed by atoms with Gasteiger partial charge in [-0.3, -0.25) is 14.8 Å². The van der Waals surface area contributed by atoms with Gasteiger partial charge in [-0.2, -0.15) is 5.10 Å². The average Bonchev–Trinajstić information content (AvgIpc) is 3.58. The van der Waals surface area contributed by atoms with Crippen LogP contribution in [0.4, 0.5) is 22.0 Å². The molecule has 0 radical (unpaired) electrons. The number of carbonyl (C=O) groups is 2. The molecule has 0 unspecified atom stereocenters. The van der Waals surface area contributed by atoms with E-state index in [0.29, 0.717) is 5.69 Å². The Bertz CT molecular complexity index is 1220. The van der Waals surface area contributed by atoms with E-state index in [1.54, 1.807) is 46.5 Å². The fraction of sp³-hybridized carbons (Fsp3) is 0.409. The van der Waals surface area contributed by atoms with Crippen LogP contribution in [0, 0.1) is 0 Å². The standard InChI is InChI=1S/C22H27N9O4/c1-22(2,34)11-30(3)20(32)17-16(10-26-31(17)4)29-21(33)35-19-18(27-14-7-23-12-24-8-14)25-9-15(28-19)13-5-6-13/h7-10,12-13,34H,5-6,11H2,1-4H3,(H,25,27)(H,29,33).